The fraction of sp³-hybridized carbons (Fsp3) is 0.462. The van der Waals surface area contributed by atoms with Crippen molar-refractivity contribution in [2.24, 2.45) is 5.73 Å². The van der Waals surface area contributed by atoms with Crippen LogP contribution < -0.4 is 15.8 Å². The summed E-state index contributed by atoms with van der Waals surface area (Å²) in [5.74, 6) is 0.634. The Morgan fingerprint density at radius 1 is 1.61 bits per heavy atom. The summed E-state index contributed by atoms with van der Waals surface area (Å²) >= 11 is 3.49. The van der Waals surface area contributed by atoms with E-state index in [1.807, 2.05) is 13.0 Å². The summed E-state index contributed by atoms with van der Waals surface area (Å²) in [6, 6.07) is 3.81. The van der Waals surface area contributed by atoms with Crippen molar-refractivity contribution in [2.45, 2.75) is 32.4 Å². The molecule has 18 heavy (non-hydrogen) atoms. The molecule has 0 spiro atoms. The molecule has 98 valence electrons. The van der Waals surface area contributed by atoms with Crippen LogP contribution in [0.5, 0.6) is 5.75 Å². The molecular weight excluding hydrogens is 296 g/mol. The number of ether oxygens (including phenoxy) is 1. The number of halogens is 1. The van der Waals surface area contributed by atoms with Gasteiger partial charge in [0.05, 0.1) is 12.6 Å². The van der Waals surface area contributed by atoms with Gasteiger partial charge in [0.15, 0.2) is 0 Å². The van der Waals surface area contributed by atoms with Gasteiger partial charge in [-0.3, -0.25) is 4.79 Å². The number of hydrogen-bond acceptors (Lipinski definition) is 3. The molecule has 1 amide bonds. The monoisotopic (exact) mass is 312 g/mol. The van der Waals surface area contributed by atoms with Crippen molar-refractivity contribution in [3.8, 4) is 5.75 Å². The van der Waals surface area contributed by atoms with Crippen molar-refractivity contribution in [1.29, 1.82) is 0 Å². The highest BCUT2D eigenvalue weighted by Gasteiger charge is 2.19. The minimum Gasteiger partial charge on any atom is -0.493 e. The van der Waals surface area contributed by atoms with E-state index in [0.29, 0.717) is 13.0 Å². The Morgan fingerprint density at radius 3 is 3.06 bits per heavy atom. The van der Waals surface area contributed by atoms with Crippen LogP contribution in [0.2, 0.25) is 0 Å². The van der Waals surface area contributed by atoms with Gasteiger partial charge in [0.1, 0.15) is 5.75 Å². The molecule has 1 heterocycles. The van der Waals surface area contributed by atoms with Gasteiger partial charge in [-0.1, -0.05) is 22.9 Å². The molecular formula is C13H17BrN2O2. The molecule has 0 fully saturated rings. The first kappa shape index (κ1) is 13.4. The van der Waals surface area contributed by atoms with Gasteiger partial charge in [0.25, 0.3) is 0 Å². The smallest absolute Gasteiger partial charge is 0.234 e. The molecule has 0 bridgehead atoms. The van der Waals surface area contributed by atoms with Gasteiger partial charge in [-0.2, -0.15) is 0 Å². The van der Waals surface area contributed by atoms with E-state index in [-0.39, 0.29) is 11.9 Å². The summed E-state index contributed by atoms with van der Waals surface area (Å²) in [4.78, 5) is 11.2. The first-order valence-corrected chi connectivity index (χ1v) is 6.88. The third-order valence-corrected chi connectivity index (χ3v) is 3.57. The Balaban J connectivity index is 2.12. The van der Waals surface area contributed by atoms with Gasteiger partial charge in [0, 0.05) is 23.0 Å². The fourth-order valence-corrected chi connectivity index (χ4v) is 2.71. The molecule has 3 N–H and O–H groups in total. The lowest BCUT2D eigenvalue weighted by molar-refractivity contribution is -0.120. The standard InChI is InChI=1S/C13H17BrN2O2/c1-2-11(13(15)17)16-7-9-6-10(14)5-8-3-4-18-12(8)9/h5-6,11,16H,2-4,7H2,1H3,(H2,15,17). The van der Waals surface area contributed by atoms with Crippen LogP contribution in [-0.4, -0.2) is 18.6 Å². The van der Waals surface area contributed by atoms with Crippen molar-refractivity contribution in [3.63, 3.8) is 0 Å². The lowest BCUT2D eigenvalue weighted by Crippen LogP contribution is -2.40. The van der Waals surface area contributed by atoms with Gasteiger partial charge < -0.3 is 15.8 Å². The summed E-state index contributed by atoms with van der Waals surface area (Å²) in [5.41, 5.74) is 7.59. The van der Waals surface area contributed by atoms with E-state index in [2.05, 4.69) is 27.3 Å². The van der Waals surface area contributed by atoms with Gasteiger partial charge >= 0.3 is 0 Å². The SMILES string of the molecule is CCC(NCc1cc(Br)cc2c1OCC2)C(N)=O. The van der Waals surface area contributed by atoms with Gasteiger partial charge in [0.2, 0.25) is 5.91 Å². The normalized spacial score (nSPS) is 15.0. The molecule has 0 radical (unpaired) electrons. The van der Waals surface area contributed by atoms with E-state index in [4.69, 9.17) is 10.5 Å². The molecule has 0 aliphatic carbocycles. The van der Waals surface area contributed by atoms with Crippen molar-refractivity contribution in [3.05, 3.63) is 27.7 Å². The molecule has 1 atom stereocenters. The highest BCUT2D eigenvalue weighted by atomic mass is 79.9. The fourth-order valence-electron chi connectivity index (χ4n) is 2.16. The number of primary amides is 1. The van der Waals surface area contributed by atoms with Crippen LogP contribution >= 0.6 is 15.9 Å². The van der Waals surface area contributed by atoms with Crippen molar-refractivity contribution >= 4 is 21.8 Å². The second-order valence-corrected chi connectivity index (χ2v) is 5.31. The number of carbonyl (C=O) groups is 1. The number of rotatable bonds is 5. The van der Waals surface area contributed by atoms with Crippen LogP contribution in [0, 0.1) is 0 Å². The molecule has 1 aliphatic heterocycles. The van der Waals surface area contributed by atoms with Crippen LogP contribution in [0.3, 0.4) is 0 Å². The zero-order valence-electron chi connectivity index (χ0n) is 10.3. The van der Waals surface area contributed by atoms with Crippen LogP contribution in [0.1, 0.15) is 24.5 Å². The van der Waals surface area contributed by atoms with E-state index in [1.54, 1.807) is 0 Å². The van der Waals surface area contributed by atoms with E-state index >= 15 is 0 Å². The lowest BCUT2D eigenvalue weighted by Gasteiger charge is -2.15. The van der Waals surface area contributed by atoms with Gasteiger partial charge in [-0.25, -0.2) is 0 Å². The third-order valence-electron chi connectivity index (χ3n) is 3.12. The molecule has 0 aromatic heterocycles. The Kier molecular flexibility index (Phi) is 4.24. The third kappa shape index (κ3) is 2.84. The summed E-state index contributed by atoms with van der Waals surface area (Å²) in [5, 5.41) is 3.17. The quantitative estimate of drug-likeness (QED) is 0.870. The molecule has 5 heteroatoms. The lowest BCUT2D eigenvalue weighted by atomic mass is 10.1. The number of carbonyl (C=O) groups excluding carboxylic acids is 1. The maximum absolute atomic E-state index is 11.2. The molecule has 0 saturated heterocycles. The summed E-state index contributed by atoms with van der Waals surface area (Å²) in [7, 11) is 0. The van der Waals surface area contributed by atoms with E-state index in [0.717, 1.165) is 28.8 Å². The van der Waals surface area contributed by atoms with Crippen LogP contribution in [0.15, 0.2) is 16.6 Å². The van der Waals surface area contributed by atoms with Crippen molar-refractivity contribution in [1.82, 2.24) is 5.32 Å². The van der Waals surface area contributed by atoms with Crippen molar-refractivity contribution in [2.75, 3.05) is 6.61 Å². The van der Waals surface area contributed by atoms with E-state index < -0.39 is 0 Å². The van der Waals surface area contributed by atoms with E-state index in [9.17, 15) is 4.79 Å². The summed E-state index contributed by atoms with van der Waals surface area (Å²) in [6.45, 7) is 3.25. The number of benzene rings is 1. The number of nitrogens with one attached hydrogen (secondary N) is 1. The minimum absolute atomic E-state index is 0.291. The maximum atomic E-state index is 11.2. The Morgan fingerprint density at radius 2 is 2.39 bits per heavy atom. The highest BCUT2D eigenvalue weighted by molar-refractivity contribution is 9.10. The number of amides is 1. The Hall–Kier alpha value is -1.07. The summed E-state index contributed by atoms with van der Waals surface area (Å²) < 4.78 is 6.67. The Bertz CT molecular complexity index is 463. The van der Waals surface area contributed by atoms with E-state index in [1.165, 1.54) is 5.56 Å². The number of fused-ring (bicyclic) bond motifs is 1. The van der Waals surface area contributed by atoms with Crippen LogP contribution in [-0.2, 0) is 17.8 Å². The number of hydrogen-bond donors (Lipinski definition) is 2. The zero-order chi connectivity index (χ0) is 13.1. The van der Waals surface area contributed by atoms with Crippen molar-refractivity contribution < 1.29 is 9.53 Å². The second-order valence-electron chi connectivity index (χ2n) is 4.40. The molecule has 0 saturated carbocycles. The molecule has 1 aliphatic rings. The van der Waals surface area contributed by atoms with Crippen LogP contribution in [0.4, 0.5) is 0 Å². The molecule has 1 unspecified atom stereocenters. The average molecular weight is 313 g/mol. The largest absolute Gasteiger partial charge is 0.493 e. The molecule has 1 aromatic carbocycles. The number of nitrogens with two attached hydrogens (primary N) is 1. The van der Waals surface area contributed by atoms with Crippen LogP contribution in [0.25, 0.3) is 0 Å². The van der Waals surface area contributed by atoms with Gasteiger partial charge in [-0.15, -0.1) is 0 Å². The summed E-state index contributed by atoms with van der Waals surface area (Å²) in [6.07, 6.45) is 1.63. The predicted octanol–water partition coefficient (Wildman–Crippen LogP) is 1.74. The first-order chi connectivity index (χ1) is 8.61. The predicted molar refractivity (Wildman–Crippen MR) is 73.5 cm³/mol. The second kappa shape index (κ2) is 5.71. The van der Waals surface area contributed by atoms with Gasteiger partial charge in [-0.05, 0) is 24.1 Å². The maximum Gasteiger partial charge on any atom is 0.234 e. The average Bonchev–Trinajstić information content (AvgIpc) is 2.77. The Labute approximate surface area is 115 Å². The highest BCUT2D eigenvalue weighted by Crippen LogP contribution is 2.32. The first-order valence-electron chi connectivity index (χ1n) is 6.08. The zero-order valence-corrected chi connectivity index (χ0v) is 11.9. The topological polar surface area (TPSA) is 64.3 Å². The molecule has 4 nitrogen and oxygen atoms in total. The molecule has 1 aromatic rings. The molecule has 2 rings (SSSR count). The minimum atomic E-state index is -0.315.